The molecule has 0 aliphatic heterocycles. The van der Waals surface area contributed by atoms with Crippen molar-refractivity contribution in [2.75, 3.05) is 5.32 Å². The predicted octanol–water partition coefficient (Wildman–Crippen LogP) is 3.90. The summed E-state index contributed by atoms with van der Waals surface area (Å²) in [5.41, 5.74) is 1.53. The topological polar surface area (TPSA) is 80.7 Å². The van der Waals surface area contributed by atoms with Gasteiger partial charge >= 0.3 is 0 Å². The van der Waals surface area contributed by atoms with Gasteiger partial charge in [-0.05, 0) is 23.1 Å². The Morgan fingerprint density at radius 2 is 2.04 bits per heavy atom. The van der Waals surface area contributed by atoms with E-state index in [0.717, 1.165) is 15.4 Å². The number of aromatic nitrogens is 4. The Balaban J connectivity index is 1.63. The van der Waals surface area contributed by atoms with Gasteiger partial charge in [-0.1, -0.05) is 12.1 Å². The van der Waals surface area contributed by atoms with Crippen molar-refractivity contribution in [2.45, 2.75) is 6.42 Å². The van der Waals surface area contributed by atoms with Crippen LogP contribution in [-0.2, 0) is 11.2 Å². The van der Waals surface area contributed by atoms with E-state index in [1.807, 2.05) is 35.0 Å². The summed E-state index contributed by atoms with van der Waals surface area (Å²) in [6.07, 6.45) is 5.32. The van der Waals surface area contributed by atoms with Crippen LogP contribution in [0.3, 0.4) is 0 Å². The highest BCUT2D eigenvalue weighted by Gasteiger charge is 2.13. The van der Waals surface area contributed by atoms with Crippen molar-refractivity contribution >= 4 is 34.4 Å². The van der Waals surface area contributed by atoms with Gasteiger partial charge in [0.25, 0.3) is 0 Å². The summed E-state index contributed by atoms with van der Waals surface area (Å²) in [7, 11) is 0. The van der Waals surface area contributed by atoms with E-state index in [-0.39, 0.29) is 12.3 Å². The molecule has 0 spiro atoms. The third kappa shape index (κ3) is 3.81. The maximum absolute atomic E-state index is 12.4. The lowest BCUT2D eigenvalue weighted by Gasteiger charge is -2.08. The molecule has 0 aromatic carbocycles. The van der Waals surface area contributed by atoms with Crippen molar-refractivity contribution in [1.82, 2.24) is 19.9 Å². The zero-order valence-corrected chi connectivity index (χ0v) is 15.1. The number of carbonyl (C=O) groups is 1. The van der Waals surface area contributed by atoms with Crippen LogP contribution in [0.4, 0.5) is 5.82 Å². The van der Waals surface area contributed by atoms with E-state index < -0.39 is 0 Å². The second-order valence-electron chi connectivity index (χ2n) is 5.36. The quantitative estimate of drug-likeness (QED) is 0.569. The van der Waals surface area contributed by atoms with Crippen LogP contribution >= 0.6 is 22.7 Å². The van der Waals surface area contributed by atoms with E-state index in [4.69, 9.17) is 0 Å². The lowest BCUT2D eigenvalue weighted by molar-refractivity contribution is -0.115. The molecule has 1 amide bonds. The summed E-state index contributed by atoms with van der Waals surface area (Å²) in [6.45, 7) is 0. The van der Waals surface area contributed by atoms with Crippen LogP contribution in [0.5, 0.6) is 0 Å². The first-order valence-corrected chi connectivity index (χ1v) is 9.55. The van der Waals surface area contributed by atoms with Crippen LogP contribution in [0.1, 0.15) is 5.56 Å². The number of nitrogens with zero attached hydrogens (tertiary/aromatic N) is 4. The number of pyridine rings is 1. The number of hydrogen-bond acceptors (Lipinski definition) is 7. The Bertz CT molecular complexity index is 949. The fraction of sp³-hybridized carbons (Fsp3) is 0.0556. The van der Waals surface area contributed by atoms with Crippen molar-refractivity contribution < 1.29 is 4.79 Å². The summed E-state index contributed by atoms with van der Waals surface area (Å²) < 4.78 is 0. The van der Waals surface area contributed by atoms with Gasteiger partial charge in [-0.25, -0.2) is 15.0 Å². The maximum atomic E-state index is 12.4. The maximum Gasteiger partial charge on any atom is 0.230 e. The highest BCUT2D eigenvalue weighted by molar-refractivity contribution is 7.13. The first-order chi connectivity index (χ1) is 12.8. The van der Waals surface area contributed by atoms with Crippen LogP contribution < -0.4 is 5.32 Å². The normalized spacial score (nSPS) is 10.6. The fourth-order valence-electron chi connectivity index (χ4n) is 2.36. The molecule has 0 saturated heterocycles. The molecule has 0 bridgehead atoms. The number of nitrogens with one attached hydrogen (secondary N) is 1. The molecule has 1 N–H and O–H groups in total. The second kappa shape index (κ2) is 7.51. The van der Waals surface area contributed by atoms with Crippen molar-refractivity contribution in [2.24, 2.45) is 0 Å². The van der Waals surface area contributed by atoms with Gasteiger partial charge in [-0.3, -0.25) is 9.78 Å². The minimum atomic E-state index is -0.154. The smallest absolute Gasteiger partial charge is 0.230 e. The van der Waals surface area contributed by atoms with Crippen LogP contribution in [-0.4, -0.2) is 25.8 Å². The van der Waals surface area contributed by atoms with E-state index >= 15 is 0 Å². The monoisotopic (exact) mass is 379 g/mol. The molecular formula is C18H13N5OS2. The van der Waals surface area contributed by atoms with Crippen molar-refractivity contribution in [3.63, 3.8) is 0 Å². The average Bonchev–Trinajstić information content (AvgIpc) is 3.36. The average molecular weight is 379 g/mol. The van der Waals surface area contributed by atoms with E-state index in [2.05, 4.69) is 25.3 Å². The molecule has 0 unspecified atom stereocenters. The van der Waals surface area contributed by atoms with E-state index in [0.29, 0.717) is 17.3 Å². The van der Waals surface area contributed by atoms with Gasteiger partial charge in [0.1, 0.15) is 16.5 Å². The lowest BCUT2D eigenvalue weighted by atomic mass is 10.2. The Morgan fingerprint density at radius 1 is 1.08 bits per heavy atom. The SMILES string of the molecule is O=C(Cc1cccnc1)Nc1cc(-c2nccs2)nc(-c2cccs2)n1. The number of rotatable bonds is 5. The number of anilines is 1. The van der Waals surface area contributed by atoms with Gasteiger partial charge in [0.05, 0.1) is 11.3 Å². The molecule has 0 aliphatic rings. The van der Waals surface area contributed by atoms with Crippen LogP contribution in [0.15, 0.2) is 59.7 Å². The highest BCUT2D eigenvalue weighted by atomic mass is 32.1. The molecule has 4 aromatic rings. The Morgan fingerprint density at radius 3 is 2.77 bits per heavy atom. The van der Waals surface area contributed by atoms with E-state index in [9.17, 15) is 4.79 Å². The molecule has 4 rings (SSSR count). The molecule has 0 aliphatic carbocycles. The fourth-order valence-corrected chi connectivity index (χ4v) is 3.62. The summed E-state index contributed by atoms with van der Waals surface area (Å²) in [4.78, 5) is 30.7. The molecule has 128 valence electrons. The number of thiophene rings is 1. The minimum absolute atomic E-state index is 0.154. The molecule has 8 heteroatoms. The van der Waals surface area contributed by atoms with Gasteiger partial charge in [0.15, 0.2) is 5.82 Å². The van der Waals surface area contributed by atoms with Crippen molar-refractivity contribution in [3.8, 4) is 21.4 Å². The molecule has 0 radical (unpaired) electrons. The van der Waals surface area contributed by atoms with Crippen molar-refractivity contribution in [3.05, 3.63) is 65.2 Å². The molecule has 4 heterocycles. The molecule has 4 aromatic heterocycles. The Kier molecular flexibility index (Phi) is 4.76. The predicted molar refractivity (Wildman–Crippen MR) is 103 cm³/mol. The molecule has 0 atom stereocenters. The zero-order chi connectivity index (χ0) is 17.8. The molecule has 26 heavy (non-hydrogen) atoms. The zero-order valence-electron chi connectivity index (χ0n) is 13.5. The van der Waals surface area contributed by atoms with Gasteiger partial charge in [0.2, 0.25) is 5.91 Å². The summed E-state index contributed by atoms with van der Waals surface area (Å²) in [5.74, 6) is 0.880. The van der Waals surface area contributed by atoms with E-state index in [1.165, 1.54) is 11.3 Å². The molecular weight excluding hydrogens is 366 g/mol. The lowest BCUT2D eigenvalue weighted by Crippen LogP contribution is -2.16. The standard InChI is InChI=1S/C18H13N5OS2/c24-16(9-12-3-1-5-19-11-12)22-15-10-13(18-20-6-8-26-18)21-17(23-15)14-4-2-7-25-14/h1-8,10-11H,9H2,(H,21,22,23,24). The van der Waals surface area contributed by atoms with Gasteiger partial charge < -0.3 is 5.32 Å². The summed E-state index contributed by atoms with van der Waals surface area (Å²) >= 11 is 3.04. The summed E-state index contributed by atoms with van der Waals surface area (Å²) in [6, 6.07) is 9.32. The third-order valence-electron chi connectivity index (χ3n) is 3.47. The molecule has 6 nitrogen and oxygen atoms in total. The van der Waals surface area contributed by atoms with E-state index in [1.54, 1.807) is 36.0 Å². The highest BCUT2D eigenvalue weighted by Crippen LogP contribution is 2.27. The first kappa shape index (κ1) is 16.5. The van der Waals surface area contributed by atoms with Crippen LogP contribution in [0.25, 0.3) is 21.4 Å². The number of thiazole rings is 1. The van der Waals surface area contributed by atoms with Crippen molar-refractivity contribution in [1.29, 1.82) is 0 Å². The van der Waals surface area contributed by atoms with Gasteiger partial charge in [0, 0.05) is 30.0 Å². The first-order valence-electron chi connectivity index (χ1n) is 7.79. The van der Waals surface area contributed by atoms with Crippen LogP contribution in [0, 0.1) is 0 Å². The number of carbonyl (C=O) groups excluding carboxylic acids is 1. The minimum Gasteiger partial charge on any atom is -0.310 e. The summed E-state index contributed by atoms with van der Waals surface area (Å²) in [5, 5.41) is 7.50. The molecule has 0 saturated carbocycles. The van der Waals surface area contributed by atoms with Gasteiger partial charge in [-0.15, -0.1) is 22.7 Å². The third-order valence-corrected chi connectivity index (χ3v) is 5.14. The van der Waals surface area contributed by atoms with Gasteiger partial charge in [-0.2, -0.15) is 0 Å². The number of hydrogen-bond donors (Lipinski definition) is 1. The number of amides is 1. The largest absolute Gasteiger partial charge is 0.310 e. The van der Waals surface area contributed by atoms with Crippen LogP contribution in [0.2, 0.25) is 0 Å². The second-order valence-corrected chi connectivity index (χ2v) is 7.21. The Hall–Kier alpha value is -2.97. The molecule has 0 fully saturated rings. The Labute approximate surface area is 157 Å².